The van der Waals surface area contributed by atoms with Gasteiger partial charge in [-0.15, -0.1) is 0 Å². The molecule has 0 aliphatic rings. The Labute approximate surface area is 83.3 Å². The largest absolute Gasteiger partial charge is 0.392 e. The molecule has 0 unspecified atom stereocenters. The van der Waals surface area contributed by atoms with Gasteiger partial charge in [0.05, 0.1) is 6.61 Å². The molecule has 3 N–H and O–H groups in total. The molecule has 13 heavy (non-hydrogen) atoms. The second-order valence-corrected chi connectivity index (χ2v) is 4.12. The lowest BCUT2D eigenvalue weighted by molar-refractivity contribution is 0.278. The van der Waals surface area contributed by atoms with E-state index in [4.69, 9.17) is 22.4 Å². The van der Waals surface area contributed by atoms with Crippen LogP contribution in [0.2, 0.25) is 5.02 Å². The van der Waals surface area contributed by atoms with Crippen molar-refractivity contribution < 1.29 is 5.11 Å². The van der Waals surface area contributed by atoms with Gasteiger partial charge in [-0.05, 0) is 37.1 Å². The molecule has 0 aliphatic heterocycles. The number of halogens is 1. The minimum atomic E-state index is -0.469. The maximum atomic E-state index is 9.07. The van der Waals surface area contributed by atoms with Crippen LogP contribution >= 0.6 is 11.6 Å². The van der Waals surface area contributed by atoms with Gasteiger partial charge in [0, 0.05) is 10.6 Å². The molecule has 72 valence electrons. The van der Waals surface area contributed by atoms with E-state index in [-0.39, 0.29) is 6.61 Å². The van der Waals surface area contributed by atoms with Crippen LogP contribution in [0.15, 0.2) is 18.2 Å². The molecule has 1 rings (SSSR count). The van der Waals surface area contributed by atoms with Crippen LogP contribution in [0.3, 0.4) is 0 Å². The Morgan fingerprint density at radius 3 is 2.54 bits per heavy atom. The molecule has 0 saturated carbocycles. The van der Waals surface area contributed by atoms with Gasteiger partial charge in [-0.1, -0.05) is 17.7 Å². The zero-order valence-corrected chi connectivity index (χ0v) is 8.60. The maximum absolute atomic E-state index is 9.07. The molecule has 0 fully saturated rings. The second-order valence-electron chi connectivity index (χ2n) is 3.68. The van der Waals surface area contributed by atoms with Crippen LogP contribution in [0.4, 0.5) is 0 Å². The number of benzene rings is 1. The molecule has 0 spiro atoms. The monoisotopic (exact) mass is 199 g/mol. The van der Waals surface area contributed by atoms with Crippen molar-refractivity contribution in [2.45, 2.75) is 26.0 Å². The van der Waals surface area contributed by atoms with Gasteiger partial charge in [-0.25, -0.2) is 0 Å². The fourth-order valence-corrected chi connectivity index (χ4v) is 1.46. The molecule has 0 bridgehead atoms. The fourth-order valence-electron chi connectivity index (χ4n) is 1.29. The molecular weight excluding hydrogens is 186 g/mol. The van der Waals surface area contributed by atoms with E-state index in [0.717, 1.165) is 11.1 Å². The van der Waals surface area contributed by atoms with Crippen LogP contribution in [0, 0.1) is 0 Å². The molecule has 1 aromatic carbocycles. The summed E-state index contributed by atoms with van der Waals surface area (Å²) in [6.07, 6.45) is 0. The molecule has 0 saturated heterocycles. The van der Waals surface area contributed by atoms with Crippen LogP contribution in [0.1, 0.15) is 25.0 Å². The number of aliphatic hydroxyl groups is 1. The Morgan fingerprint density at radius 2 is 2.08 bits per heavy atom. The first-order valence-electron chi connectivity index (χ1n) is 4.14. The topological polar surface area (TPSA) is 46.2 Å². The average molecular weight is 200 g/mol. The third kappa shape index (κ3) is 2.44. The summed E-state index contributed by atoms with van der Waals surface area (Å²) >= 11 is 5.84. The van der Waals surface area contributed by atoms with Gasteiger partial charge < -0.3 is 10.8 Å². The Kier molecular flexibility index (Phi) is 2.96. The van der Waals surface area contributed by atoms with Gasteiger partial charge in [0.1, 0.15) is 0 Å². The minimum Gasteiger partial charge on any atom is -0.392 e. The maximum Gasteiger partial charge on any atom is 0.0685 e. The number of aliphatic hydroxyl groups excluding tert-OH is 1. The number of hydrogen-bond acceptors (Lipinski definition) is 2. The van der Waals surface area contributed by atoms with Crippen LogP contribution in [-0.4, -0.2) is 5.11 Å². The van der Waals surface area contributed by atoms with Crippen molar-refractivity contribution in [2.24, 2.45) is 5.73 Å². The zero-order valence-electron chi connectivity index (χ0n) is 7.84. The van der Waals surface area contributed by atoms with Crippen molar-refractivity contribution in [3.63, 3.8) is 0 Å². The first-order chi connectivity index (χ1) is 5.95. The van der Waals surface area contributed by atoms with Crippen LogP contribution in [0.25, 0.3) is 0 Å². The van der Waals surface area contributed by atoms with E-state index in [9.17, 15) is 0 Å². The summed E-state index contributed by atoms with van der Waals surface area (Å²) in [5, 5.41) is 9.72. The normalized spacial score (nSPS) is 11.8. The van der Waals surface area contributed by atoms with Gasteiger partial charge in [0.15, 0.2) is 0 Å². The predicted molar refractivity (Wildman–Crippen MR) is 54.6 cm³/mol. The average Bonchev–Trinajstić information content (AvgIpc) is 2.03. The summed E-state index contributed by atoms with van der Waals surface area (Å²) in [6.45, 7) is 3.77. The number of hydrogen-bond donors (Lipinski definition) is 2. The molecule has 2 nitrogen and oxygen atoms in total. The van der Waals surface area contributed by atoms with Gasteiger partial charge in [0.2, 0.25) is 0 Å². The quantitative estimate of drug-likeness (QED) is 0.766. The summed E-state index contributed by atoms with van der Waals surface area (Å²) in [5.41, 5.74) is 7.18. The first-order valence-corrected chi connectivity index (χ1v) is 4.51. The molecule has 1 aromatic rings. The summed E-state index contributed by atoms with van der Waals surface area (Å²) < 4.78 is 0. The van der Waals surface area contributed by atoms with Crippen molar-refractivity contribution >= 4 is 11.6 Å². The van der Waals surface area contributed by atoms with E-state index in [1.54, 1.807) is 18.2 Å². The Morgan fingerprint density at radius 1 is 1.46 bits per heavy atom. The van der Waals surface area contributed by atoms with Crippen molar-refractivity contribution in [1.82, 2.24) is 0 Å². The summed E-state index contributed by atoms with van der Waals surface area (Å²) in [7, 11) is 0. The van der Waals surface area contributed by atoms with Crippen LogP contribution in [-0.2, 0) is 12.1 Å². The van der Waals surface area contributed by atoms with Gasteiger partial charge >= 0.3 is 0 Å². The lowest BCUT2D eigenvalue weighted by Crippen LogP contribution is -2.30. The highest BCUT2D eigenvalue weighted by Gasteiger charge is 2.17. The molecule has 0 atom stereocenters. The Balaban J connectivity index is 3.24. The number of nitrogens with two attached hydrogens (primary N) is 1. The highest BCUT2D eigenvalue weighted by atomic mass is 35.5. The third-order valence-electron chi connectivity index (χ3n) is 1.94. The second kappa shape index (κ2) is 3.66. The van der Waals surface area contributed by atoms with E-state index in [1.807, 2.05) is 13.8 Å². The van der Waals surface area contributed by atoms with E-state index in [0.29, 0.717) is 5.02 Å². The molecule has 0 aliphatic carbocycles. The highest BCUT2D eigenvalue weighted by molar-refractivity contribution is 6.30. The lowest BCUT2D eigenvalue weighted by atomic mass is 9.91. The van der Waals surface area contributed by atoms with Crippen molar-refractivity contribution in [1.29, 1.82) is 0 Å². The smallest absolute Gasteiger partial charge is 0.0685 e. The molecule has 0 heterocycles. The molecule has 0 radical (unpaired) electrons. The molecule has 0 aromatic heterocycles. The van der Waals surface area contributed by atoms with E-state index >= 15 is 0 Å². The Bertz CT molecular complexity index is 304. The molecule has 3 heteroatoms. The highest BCUT2D eigenvalue weighted by Crippen LogP contribution is 2.24. The summed E-state index contributed by atoms with van der Waals surface area (Å²) in [5.74, 6) is 0. The predicted octanol–water partition coefficient (Wildman–Crippen LogP) is 2.03. The SMILES string of the molecule is CC(C)(N)c1cc(Cl)ccc1CO. The van der Waals surface area contributed by atoms with Crippen molar-refractivity contribution in [2.75, 3.05) is 0 Å². The standard InChI is InChI=1S/C10H14ClNO/c1-10(2,12)9-5-8(11)4-3-7(9)6-13/h3-5,13H,6,12H2,1-2H3. The van der Waals surface area contributed by atoms with E-state index in [1.165, 1.54) is 0 Å². The first kappa shape index (κ1) is 10.5. The van der Waals surface area contributed by atoms with E-state index in [2.05, 4.69) is 0 Å². The molecular formula is C10H14ClNO. The summed E-state index contributed by atoms with van der Waals surface area (Å²) in [6, 6.07) is 5.35. The van der Waals surface area contributed by atoms with Crippen molar-refractivity contribution in [3.05, 3.63) is 34.3 Å². The van der Waals surface area contributed by atoms with E-state index < -0.39 is 5.54 Å². The third-order valence-corrected chi connectivity index (χ3v) is 2.17. The number of rotatable bonds is 2. The fraction of sp³-hybridized carbons (Fsp3) is 0.400. The molecule has 0 amide bonds. The minimum absolute atomic E-state index is 0.00681. The van der Waals surface area contributed by atoms with Crippen LogP contribution < -0.4 is 5.73 Å². The lowest BCUT2D eigenvalue weighted by Gasteiger charge is -2.22. The Hall–Kier alpha value is -0.570. The van der Waals surface area contributed by atoms with Gasteiger partial charge in [0.25, 0.3) is 0 Å². The van der Waals surface area contributed by atoms with Crippen molar-refractivity contribution in [3.8, 4) is 0 Å². The zero-order chi connectivity index (χ0) is 10.1. The van der Waals surface area contributed by atoms with Gasteiger partial charge in [-0.3, -0.25) is 0 Å². The van der Waals surface area contributed by atoms with Gasteiger partial charge in [-0.2, -0.15) is 0 Å². The summed E-state index contributed by atoms with van der Waals surface area (Å²) in [4.78, 5) is 0. The van der Waals surface area contributed by atoms with Crippen LogP contribution in [0.5, 0.6) is 0 Å².